The van der Waals surface area contributed by atoms with E-state index in [-0.39, 0.29) is 15.4 Å². The Labute approximate surface area is 117 Å². The predicted octanol–water partition coefficient (Wildman–Crippen LogP) is 4.07. The lowest BCUT2D eigenvalue weighted by atomic mass is 10.1. The van der Waals surface area contributed by atoms with E-state index in [9.17, 15) is 0 Å². The highest BCUT2D eigenvalue weighted by molar-refractivity contribution is 6.36. The molecular weight excluding hydrogens is 240 g/mol. The number of hydrogen-bond acceptors (Lipinski definition) is 2. The lowest BCUT2D eigenvalue weighted by molar-refractivity contribution is -0.0827. The monoisotopic (exact) mass is 274 g/mol. The smallest absolute Gasteiger partial charge is 0.134 e. The average Bonchev–Trinajstić information content (AvgIpc) is 2.37. The van der Waals surface area contributed by atoms with E-state index in [1.54, 1.807) is 0 Å². The van der Waals surface area contributed by atoms with Crippen molar-refractivity contribution in [2.75, 3.05) is 13.2 Å². The highest BCUT2D eigenvalue weighted by atomic mass is 28.2. The first-order chi connectivity index (χ1) is 8.85. The van der Waals surface area contributed by atoms with Crippen LogP contribution < -0.4 is 0 Å². The number of hydrogen-bond donors (Lipinski definition) is 0. The van der Waals surface area contributed by atoms with Crippen molar-refractivity contribution >= 4 is 9.52 Å². The molecule has 0 radical (unpaired) electrons. The van der Waals surface area contributed by atoms with E-state index in [1.165, 1.54) is 57.4 Å². The molecule has 0 aromatic rings. The fourth-order valence-electron chi connectivity index (χ4n) is 2.21. The fraction of sp³-hybridized carbons (Fsp3) is 1.00. The standard InChI is InChI=1S/C15H34O2Si/c1-4-7-8-9-10-11-12-13-14-18-15(16-5-2)17-6-3/h15H,4-14,18H2,1-3H3. The summed E-state index contributed by atoms with van der Waals surface area (Å²) in [6.07, 6.45) is 11.3. The Morgan fingerprint density at radius 1 is 0.722 bits per heavy atom. The third-order valence-electron chi connectivity index (χ3n) is 3.25. The Kier molecular flexibility index (Phi) is 15.3. The second kappa shape index (κ2) is 15.2. The molecule has 0 aliphatic rings. The molecule has 0 saturated heterocycles. The molecule has 18 heavy (non-hydrogen) atoms. The van der Waals surface area contributed by atoms with Crippen LogP contribution in [0.25, 0.3) is 0 Å². The van der Waals surface area contributed by atoms with Gasteiger partial charge < -0.3 is 9.47 Å². The second-order valence-electron chi connectivity index (χ2n) is 4.96. The molecule has 0 unspecified atom stereocenters. The molecule has 0 fully saturated rings. The van der Waals surface area contributed by atoms with E-state index in [1.807, 2.05) is 0 Å². The molecule has 3 heteroatoms. The zero-order valence-electron chi connectivity index (χ0n) is 12.9. The number of unbranched alkanes of at least 4 members (excludes halogenated alkanes) is 7. The Morgan fingerprint density at radius 3 is 1.72 bits per heavy atom. The van der Waals surface area contributed by atoms with Crippen LogP contribution in [-0.4, -0.2) is 28.6 Å². The van der Waals surface area contributed by atoms with Crippen LogP contribution in [0.2, 0.25) is 6.04 Å². The maximum atomic E-state index is 5.59. The summed E-state index contributed by atoms with van der Waals surface area (Å²) in [5.41, 5.74) is 0. The summed E-state index contributed by atoms with van der Waals surface area (Å²) in [4.78, 5) is 0. The normalized spacial score (nSPS) is 12.0. The van der Waals surface area contributed by atoms with Gasteiger partial charge in [-0.2, -0.15) is 0 Å². The summed E-state index contributed by atoms with van der Waals surface area (Å²) in [5.74, 6) is 0.171. The third kappa shape index (κ3) is 12.6. The van der Waals surface area contributed by atoms with Crippen molar-refractivity contribution in [3.63, 3.8) is 0 Å². The molecule has 0 aromatic heterocycles. The molecular formula is C15H34O2Si. The SMILES string of the molecule is CCCCCCCCCC[SiH2]C(OCC)OCC. The van der Waals surface area contributed by atoms with E-state index in [4.69, 9.17) is 9.47 Å². The van der Waals surface area contributed by atoms with Crippen LogP contribution >= 0.6 is 0 Å². The zero-order chi connectivity index (χ0) is 13.5. The van der Waals surface area contributed by atoms with Crippen LogP contribution in [0.1, 0.15) is 72.1 Å². The summed E-state index contributed by atoms with van der Waals surface area (Å²) >= 11 is 0. The maximum Gasteiger partial charge on any atom is 0.134 e. The van der Waals surface area contributed by atoms with Gasteiger partial charge in [-0.3, -0.25) is 0 Å². The van der Waals surface area contributed by atoms with Crippen molar-refractivity contribution in [3.05, 3.63) is 0 Å². The van der Waals surface area contributed by atoms with Crippen LogP contribution in [0.3, 0.4) is 0 Å². The predicted molar refractivity (Wildman–Crippen MR) is 83.0 cm³/mol. The first kappa shape index (κ1) is 18.1. The molecule has 0 spiro atoms. The van der Waals surface area contributed by atoms with Gasteiger partial charge in [0.25, 0.3) is 0 Å². The summed E-state index contributed by atoms with van der Waals surface area (Å²) in [7, 11) is -0.189. The Balaban J connectivity index is 3.21. The van der Waals surface area contributed by atoms with Gasteiger partial charge in [0.1, 0.15) is 5.91 Å². The van der Waals surface area contributed by atoms with Gasteiger partial charge in [0.2, 0.25) is 0 Å². The molecule has 0 N–H and O–H groups in total. The van der Waals surface area contributed by atoms with Gasteiger partial charge in [-0.25, -0.2) is 0 Å². The van der Waals surface area contributed by atoms with E-state index in [0.29, 0.717) is 0 Å². The third-order valence-corrected chi connectivity index (χ3v) is 5.10. The first-order valence-corrected chi connectivity index (χ1v) is 9.89. The summed E-state index contributed by atoms with van der Waals surface area (Å²) in [6, 6.07) is 1.37. The van der Waals surface area contributed by atoms with Crippen molar-refractivity contribution in [2.24, 2.45) is 0 Å². The van der Waals surface area contributed by atoms with Crippen molar-refractivity contribution in [1.82, 2.24) is 0 Å². The molecule has 0 aliphatic carbocycles. The molecule has 0 aliphatic heterocycles. The highest BCUT2D eigenvalue weighted by Gasteiger charge is 2.07. The lowest BCUT2D eigenvalue weighted by Crippen LogP contribution is -2.24. The van der Waals surface area contributed by atoms with Gasteiger partial charge in [-0.1, -0.05) is 64.3 Å². The molecule has 110 valence electrons. The molecule has 0 saturated carbocycles. The van der Waals surface area contributed by atoms with Crippen LogP contribution in [0, 0.1) is 0 Å². The van der Waals surface area contributed by atoms with Crippen LogP contribution in [0.15, 0.2) is 0 Å². The topological polar surface area (TPSA) is 18.5 Å². The van der Waals surface area contributed by atoms with Gasteiger partial charge in [0.05, 0.1) is 9.52 Å². The molecule has 2 nitrogen and oxygen atoms in total. The van der Waals surface area contributed by atoms with Crippen molar-refractivity contribution < 1.29 is 9.47 Å². The minimum atomic E-state index is -0.189. The highest BCUT2D eigenvalue weighted by Crippen LogP contribution is 2.10. The van der Waals surface area contributed by atoms with Crippen LogP contribution in [-0.2, 0) is 9.47 Å². The summed E-state index contributed by atoms with van der Waals surface area (Å²) in [5, 5.41) is 0. The first-order valence-electron chi connectivity index (χ1n) is 8.08. The average molecular weight is 275 g/mol. The van der Waals surface area contributed by atoms with Gasteiger partial charge in [-0.05, 0) is 13.8 Å². The molecule has 0 atom stereocenters. The van der Waals surface area contributed by atoms with E-state index in [0.717, 1.165) is 13.2 Å². The van der Waals surface area contributed by atoms with E-state index < -0.39 is 0 Å². The van der Waals surface area contributed by atoms with Gasteiger partial charge in [-0.15, -0.1) is 0 Å². The largest absolute Gasteiger partial charge is 0.357 e. The Bertz CT molecular complexity index is 147. The van der Waals surface area contributed by atoms with Gasteiger partial charge in [0, 0.05) is 13.2 Å². The van der Waals surface area contributed by atoms with E-state index in [2.05, 4.69) is 20.8 Å². The Morgan fingerprint density at radius 2 is 1.22 bits per heavy atom. The minimum Gasteiger partial charge on any atom is -0.357 e. The zero-order valence-corrected chi connectivity index (χ0v) is 14.3. The quantitative estimate of drug-likeness (QED) is 0.270. The van der Waals surface area contributed by atoms with Gasteiger partial charge in [0.15, 0.2) is 0 Å². The van der Waals surface area contributed by atoms with Crippen LogP contribution in [0.5, 0.6) is 0 Å². The molecule has 0 rings (SSSR count). The molecule has 0 aromatic carbocycles. The fourth-order valence-corrected chi connectivity index (χ4v) is 3.99. The second-order valence-corrected chi connectivity index (χ2v) is 6.91. The lowest BCUT2D eigenvalue weighted by Gasteiger charge is -2.16. The van der Waals surface area contributed by atoms with Crippen molar-refractivity contribution in [3.8, 4) is 0 Å². The number of rotatable bonds is 14. The van der Waals surface area contributed by atoms with E-state index >= 15 is 0 Å². The summed E-state index contributed by atoms with van der Waals surface area (Å²) in [6.45, 7) is 7.95. The number of ether oxygens (including phenoxy) is 2. The minimum absolute atomic E-state index is 0.171. The molecule has 0 bridgehead atoms. The van der Waals surface area contributed by atoms with Crippen molar-refractivity contribution in [2.45, 2.75) is 84.1 Å². The summed E-state index contributed by atoms with van der Waals surface area (Å²) < 4.78 is 11.2. The maximum absolute atomic E-state index is 5.59. The van der Waals surface area contributed by atoms with Crippen LogP contribution in [0.4, 0.5) is 0 Å². The molecule has 0 heterocycles. The van der Waals surface area contributed by atoms with Gasteiger partial charge >= 0.3 is 0 Å². The molecule has 0 amide bonds. The Hall–Kier alpha value is 0.137. The van der Waals surface area contributed by atoms with Crippen molar-refractivity contribution in [1.29, 1.82) is 0 Å².